The summed E-state index contributed by atoms with van der Waals surface area (Å²) in [6.45, 7) is 4.50. The van der Waals surface area contributed by atoms with Gasteiger partial charge in [-0.1, -0.05) is 321 Å². The molecule has 0 radical (unpaired) electrons. The Morgan fingerprint density at radius 1 is 0.392 bits per heavy atom. The van der Waals surface area contributed by atoms with Gasteiger partial charge in [0.05, 0.1) is 27.7 Å². The first-order chi connectivity index (χ1) is 38.5. The smallest absolute Gasteiger partial charge is 0.462 e. The number of ether oxygens (including phenoxy) is 2. The molecule has 0 amide bonds. The SMILES string of the molecule is CCCCCCC/C=C\C/C=C\CCCCCCCCCCCCCCCCCCCCCCCC(=O)OC(COC(=O)CCCCCCCCCCCCCCCCCCCCCCCC)COP(=O)(O)OCC[N+](C)(C)C. The van der Waals surface area contributed by atoms with Crippen molar-refractivity contribution in [2.75, 3.05) is 47.5 Å². The molecule has 1 N–H and O–H groups in total. The molecule has 0 saturated carbocycles. The number of hydrogen-bond acceptors (Lipinski definition) is 7. The Balaban J connectivity index is 3.98. The van der Waals surface area contributed by atoms with E-state index in [1.807, 2.05) is 21.1 Å². The van der Waals surface area contributed by atoms with Crippen molar-refractivity contribution in [1.82, 2.24) is 0 Å². The van der Waals surface area contributed by atoms with Gasteiger partial charge in [0.1, 0.15) is 19.8 Å². The summed E-state index contributed by atoms with van der Waals surface area (Å²) in [5.74, 6) is -0.773. The molecule has 0 heterocycles. The summed E-state index contributed by atoms with van der Waals surface area (Å²) < 4.78 is 34.7. The Hall–Kier alpha value is -1.51. The first kappa shape index (κ1) is 77.5. The molecule has 0 saturated heterocycles. The normalized spacial score (nSPS) is 13.2. The van der Waals surface area contributed by atoms with Gasteiger partial charge in [-0.05, 0) is 44.9 Å². The number of quaternary nitrogens is 1. The van der Waals surface area contributed by atoms with Crippen molar-refractivity contribution in [3.63, 3.8) is 0 Å². The van der Waals surface area contributed by atoms with E-state index in [4.69, 9.17) is 18.5 Å². The van der Waals surface area contributed by atoms with Crippen molar-refractivity contribution in [2.45, 2.75) is 360 Å². The summed E-state index contributed by atoms with van der Waals surface area (Å²) in [7, 11) is 1.50. The van der Waals surface area contributed by atoms with Gasteiger partial charge in [-0.3, -0.25) is 18.6 Å². The second kappa shape index (κ2) is 61.1. The third-order valence-electron chi connectivity index (χ3n) is 15.7. The van der Waals surface area contributed by atoms with Gasteiger partial charge >= 0.3 is 19.8 Å². The highest BCUT2D eigenvalue weighted by atomic mass is 31.2. The summed E-state index contributed by atoms with van der Waals surface area (Å²) >= 11 is 0. The first-order valence-electron chi connectivity index (χ1n) is 34.6. The number of phosphoric acid groups is 1. The molecule has 0 aromatic rings. The molecule has 79 heavy (non-hydrogen) atoms. The standard InChI is InChI=1S/C69H134NO8P/c1-6-8-10-12-14-16-18-20-22-24-26-28-30-31-32-33-34-35-36-37-38-39-40-42-44-46-48-50-52-54-56-58-60-62-69(72)78-67(66-77-79(73,74)76-64-63-70(3,4)5)65-75-68(71)61-59-57-55-53-51-49-47-45-43-41-29-27-25-23-21-19-17-15-13-11-9-7-2/h18,20,24,26,67H,6-17,19,21-23,25,27-66H2,1-5H3/p+1/b20-18-,26-24-. The monoisotopic (exact) mass is 1140 g/mol. The van der Waals surface area contributed by atoms with Gasteiger partial charge in [-0.2, -0.15) is 0 Å². The zero-order valence-corrected chi connectivity index (χ0v) is 54.3. The molecule has 2 atom stereocenters. The number of carbonyl (C=O) groups excluding carboxylic acids is 2. The van der Waals surface area contributed by atoms with Gasteiger partial charge in [0.25, 0.3) is 0 Å². The van der Waals surface area contributed by atoms with E-state index in [2.05, 4.69) is 38.2 Å². The van der Waals surface area contributed by atoms with E-state index < -0.39 is 26.5 Å². The van der Waals surface area contributed by atoms with E-state index in [0.29, 0.717) is 23.9 Å². The predicted molar refractivity (Wildman–Crippen MR) is 340 cm³/mol. The third kappa shape index (κ3) is 65.5. The number of allylic oxidation sites excluding steroid dienone is 4. The largest absolute Gasteiger partial charge is 0.472 e. The number of hydrogen-bond donors (Lipinski definition) is 1. The molecular formula is C69H135NO8P+. The van der Waals surface area contributed by atoms with E-state index in [-0.39, 0.29) is 25.6 Å². The number of nitrogens with zero attached hydrogens (tertiary/aromatic N) is 1. The lowest BCUT2D eigenvalue weighted by molar-refractivity contribution is -0.870. The van der Waals surface area contributed by atoms with Crippen molar-refractivity contribution in [3.05, 3.63) is 24.3 Å². The van der Waals surface area contributed by atoms with Gasteiger partial charge in [0.2, 0.25) is 0 Å². The first-order valence-corrected chi connectivity index (χ1v) is 36.1. The summed E-state index contributed by atoms with van der Waals surface area (Å²) in [6, 6.07) is 0. The molecule has 0 fully saturated rings. The van der Waals surface area contributed by atoms with Crippen LogP contribution < -0.4 is 0 Å². The Labute approximate surface area is 491 Å². The molecule has 0 aliphatic carbocycles. The van der Waals surface area contributed by atoms with Gasteiger partial charge in [-0.25, -0.2) is 4.57 Å². The summed E-state index contributed by atoms with van der Waals surface area (Å²) in [5.41, 5.74) is 0. The average molecular weight is 1140 g/mol. The van der Waals surface area contributed by atoms with Gasteiger partial charge in [0.15, 0.2) is 6.10 Å². The molecule has 0 aliphatic heterocycles. The number of esters is 2. The molecule has 0 rings (SSSR count). The highest BCUT2D eigenvalue weighted by Crippen LogP contribution is 2.43. The number of phosphoric ester groups is 1. The lowest BCUT2D eigenvalue weighted by Gasteiger charge is -2.24. The number of unbranched alkanes of at least 4 members (excludes halogenated alkanes) is 47. The van der Waals surface area contributed by atoms with Crippen LogP contribution in [-0.2, 0) is 32.7 Å². The molecule has 0 aromatic carbocycles. The fraction of sp³-hybridized carbons (Fsp3) is 0.913. The van der Waals surface area contributed by atoms with Gasteiger partial charge in [0, 0.05) is 12.8 Å². The molecule has 0 bridgehead atoms. The van der Waals surface area contributed by atoms with E-state index in [1.54, 1.807) is 0 Å². The van der Waals surface area contributed by atoms with Crippen LogP contribution in [0.3, 0.4) is 0 Å². The third-order valence-corrected chi connectivity index (χ3v) is 16.7. The zero-order valence-electron chi connectivity index (χ0n) is 53.4. The van der Waals surface area contributed by atoms with Crippen molar-refractivity contribution >= 4 is 19.8 Å². The number of carbonyl (C=O) groups is 2. The van der Waals surface area contributed by atoms with Crippen LogP contribution in [-0.4, -0.2) is 74.9 Å². The van der Waals surface area contributed by atoms with E-state index in [9.17, 15) is 19.0 Å². The van der Waals surface area contributed by atoms with Crippen LogP contribution in [0, 0.1) is 0 Å². The minimum absolute atomic E-state index is 0.0359. The predicted octanol–water partition coefficient (Wildman–Crippen LogP) is 22.1. The maximum absolute atomic E-state index is 12.9. The molecule has 2 unspecified atom stereocenters. The molecule has 0 aromatic heterocycles. The lowest BCUT2D eigenvalue weighted by Crippen LogP contribution is -2.37. The van der Waals surface area contributed by atoms with Crippen molar-refractivity contribution < 1.29 is 42.1 Å². The maximum atomic E-state index is 12.9. The average Bonchev–Trinajstić information content (AvgIpc) is 3.41. The van der Waals surface area contributed by atoms with E-state index >= 15 is 0 Å². The molecule has 9 nitrogen and oxygen atoms in total. The molecule has 0 spiro atoms. The molecular weight excluding hydrogens is 1000 g/mol. The van der Waals surface area contributed by atoms with Crippen LogP contribution in [0.1, 0.15) is 354 Å². The summed E-state index contributed by atoms with van der Waals surface area (Å²) in [6.07, 6.45) is 75.7. The summed E-state index contributed by atoms with van der Waals surface area (Å²) in [4.78, 5) is 35.8. The minimum atomic E-state index is -4.39. The van der Waals surface area contributed by atoms with Gasteiger partial charge < -0.3 is 18.9 Å². The number of rotatable bonds is 65. The fourth-order valence-electron chi connectivity index (χ4n) is 10.4. The maximum Gasteiger partial charge on any atom is 0.472 e. The Morgan fingerprint density at radius 2 is 0.684 bits per heavy atom. The van der Waals surface area contributed by atoms with Crippen LogP contribution in [0.4, 0.5) is 0 Å². The second-order valence-electron chi connectivity index (χ2n) is 24.9. The Morgan fingerprint density at radius 3 is 1.00 bits per heavy atom. The topological polar surface area (TPSA) is 108 Å². The number of likely N-dealkylation sites (N-methyl/N-ethyl adjacent to an activating group) is 1. The molecule has 468 valence electrons. The quantitative estimate of drug-likeness (QED) is 0.0211. The highest BCUT2D eigenvalue weighted by Gasteiger charge is 2.27. The second-order valence-corrected chi connectivity index (χ2v) is 26.4. The van der Waals surface area contributed by atoms with Crippen molar-refractivity contribution in [2.24, 2.45) is 0 Å². The van der Waals surface area contributed by atoms with Crippen molar-refractivity contribution in [3.8, 4) is 0 Å². The van der Waals surface area contributed by atoms with Crippen LogP contribution in [0.15, 0.2) is 24.3 Å². The molecule has 10 heteroatoms. The van der Waals surface area contributed by atoms with E-state index in [1.165, 1.54) is 283 Å². The highest BCUT2D eigenvalue weighted by molar-refractivity contribution is 7.47. The Bertz CT molecular complexity index is 1380. The van der Waals surface area contributed by atoms with Crippen molar-refractivity contribution in [1.29, 1.82) is 0 Å². The minimum Gasteiger partial charge on any atom is -0.462 e. The lowest BCUT2D eigenvalue weighted by atomic mass is 10.0. The molecule has 0 aliphatic rings. The van der Waals surface area contributed by atoms with Crippen LogP contribution in [0.5, 0.6) is 0 Å². The van der Waals surface area contributed by atoms with Crippen LogP contribution in [0.2, 0.25) is 0 Å². The Kier molecular flexibility index (Phi) is 59.9. The fourth-order valence-corrected chi connectivity index (χ4v) is 11.1. The van der Waals surface area contributed by atoms with E-state index in [0.717, 1.165) is 38.5 Å². The summed E-state index contributed by atoms with van der Waals surface area (Å²) in [5, 5.41) is 0. The zero-order chi connectivity index (χ0) is 57.7. The van der Waals surface area contributed by atoms with Gasteiger partial charge in [-0.15, -0.1) is 0 Å². The van der Waals surface area contributed by atoms with Crippen LogP contribution >= 0.6 is 7.82 Å². The van der Waals surface area contributed by atoms with Crippen LogP contribution in [0.25, 0.3) is 0 Å².